The van der Waals surface area contributed by atoms with Crippen LogP contribution in [0.15, 0.2) is 55.0 Å². The first-order valence-electron chi connectivity index (χ1n) is 5.51. The van der Waals surface area contributed by atoms with Crippen molar-refractivity contribution in [3.8, 4) is 16.9 Å². The molecule has 5 heteroatoms. The molecule has 0 unspecified atom stereocenters. The molecular formula is C13H11N5. The fourth-order valence-corrected chi connectivity index (χ4v) is 1.76. The monoisotopic (exact) mass is 237 g/mol. The molecule has 18 heavy (non-hydrogen) atoms. The van der Waals surface area contributed by atoms with Gasteiger partial charge >= 0.3 is 0 Å². The van der Waals surface area contributed by atoms with Crippen molar-refractivity contribution in [1.82, 2.24) is 20.0 Å². The molecule has 2 N–H and O–H groups in total. The number of hydrogen-bond donors (Lipinski definition) is 1. The summed E-state index contributed by atoms with van der Waals surface area (Å²) in [6.45, 7) is 0. The van der Waals surface area contributed by atoms with Gasteiger partial charge in [0.05, 0.1) is 17.6 Å². The zero-order valence-corrected chi connectivity index (χ0v) is 9.56. The molecule has 0 atom stereocenters. The number of hydrogen-bond acceptors (Lipinski definition) is 4. The van der Waals surface area contributed by atoms with Crippen LogP contribution in [0.5, 0.6) is 0 Å². The summed E-state index contributed by atoms with van der Waals surface area (Å²) in [5, 5.41) is 8.05. The molecule has 1 aromatic carbocycles. The predicted molar refractivity (Wildman–Crippen MR) is 69.0 cm³/mol. The molecule has 0 aliphatic carbocycles. The van der Waals surface area contributed by atoms with Crippen molar-refractivity contribution in [3.63, 3.8) is 0 Å². The van der Waals surface area contributed by atoms with Gasteiger partial charge in [-0.1, -0.05) is 17.3 Å². The Hall–Kier alpha value is -2.69. The minimum Gasteiger partial charge on any atom is -0.399 e. The molecule has 3 rings (SSSR count). The van der Waals surface area contributed by atoms with Gasteiger partial charge in [-0.25, -0.2) is 4.68 Å². The van der Waals surface area contributed by atoms with Crippen LogP contribution in [0.4, 0.5) is 5.69 Å². The maximum atomic E-state index is 5.68. The molecule has 0 saturated heterocycles. The SMILES string of the molecule is Nc1ccc(-c2cnnn2-c2ccncc2)cc1. The van der Waals surface area contributed by atoms with E-state index in [1.54, 1.807) is 23.3 Å². The Kier molecular flexibility index (Phi) is 2.49. The lowest BCUT2D eigenvalue weighted by Gasteiger charge is -2.05. The van der Waals surface area contributed by atoms with Crippen LogP contribution in [0.3, 0.4) is 0 Å². The number of benzene rings is 1. The van der Waals surface area contributed by atoms with Gasteiger partial charge in [-0.15, -0.1) is 5.10 Å². The van der Waals surface area contributed by atoms with Gasteiger partial charge in [0.1, 0.15) is 0 Å². The van der Waals surface area contributed by atoms with Crippen LogP contribution in [0.25, 0.3) is 16.9 Å². The fraction of sp³-hybridized carbons (Fsp3) is 0. The summed E-state index contributed by atoms with van der Waals surface area (Å²) in [4.78, 5) is 3.99. The maximum Gasteiger partial charge on any atom is 0.0944 e. The van der Waals surface area contributed by atoms with Crippen LogP contribution in [-0.2, 0) is 0 Å². The van der Waals surface area contributed by atoms with Crippen molar-refractivity contribution in [2.45, 2.75) is 0 Å². The normalized spacial score (nSPS) is 10.4. The Balaban J connectivity index is 2.10. The van der Waals surface area contributed by atoms with Crippen molar-refractivity contribution in [2.24, 2.45) is 0 Å². The highest BCUT2D eigenvalue weighted by atomic mass is 15.4. The van der Waals surface area contributed by atoms with E-state index in [9.17, 15) is 0 Å². The van der Waals surface area contributed by atoms with Crippen LogP contribution in [0, 0.1) is 0 Å². The van der Waals surface area contributed by atoms with Gasteiger partial charge in [0, 0.05) is 23.6 Å². The van der Waals surface area contributed by atoms with Crippen LogP contribution in [0.1, 0.15) is 0 Å². The summed E-state index contributed by atoms with van der Waals surface area (Å²) < 4.78 is 1.77. The number of pyridine rings is 1. The van der Waals surface area contributed by atoms with E-state index in [0.29, 0.717) is 0 Å². The van der Waals surface area contributed by atoms with Gasteiger partial charge in [0.25, 0.3) is 0 Å². The van der Waals surface area contributed by atoms with Gasteiger partial charge in [-0.05, 0) is 24.3 Å². The number of rotatable bonds is 2. The van der Waals surface area contributed by atoms with E-state index < -0.39 is 0 Å². The lowest BCUT2D eigenvalue weighted by Crippen LogP contribution is -1.99. The Labute approximate surface area is 104 Å². The van der Waals surface area contributed by atoms with E-state index in [-0.39, 0.29) is 0 Å². The van der Waals surface area contributed by atoms with Crippen molar-refractivity contribution in [3.05, 3.63) is 55.0 Å². The average molecular weight is 237 g/mol. The average Bonchev–Trinajstić information content (AvgIpc) is 2.90. The van der Waals surface area contributed by atoms with E-state index in [4.69, 9.17) is 5.73 Å². The quantitative estimate of drug-likeness (QED) is 0.691. The van der Waals surface area contributed by atoms with E-state index in [1.807, 2.05) is 36.4 Å². The number of nitrogen functional groups attached to an aromatic ring is 1. The second-order valence-corrected chi connectivity index (χ2v) is 3.86. The van der Waals surface area contributed by atoms with Crippen molar-refractivity contribution in [1.29, 1.82) is 0 Å². The van der Waals surface area contributed by atoms with E-state index in [0.717, 1.165) is 22.6 Å². The predicted octanol–water partition coefficient (Wildman–Crippen LogP) is 1.91. The summed E-state index contributed by atoms with van der Waals surface area (Å²) in [6, 6.07) is 11.4. The van der Waals surface area contributed by atoms with Crippen LogP contribution < -0.4 is 5.73 Å². The minimum absolute atomic E-state index is 0.738. The Bertz CT molecular complexity index is 643. The first-order chi connectivity index (χ1) is 8.84. The molecule has 2 aromatic heterocycles. The molecule has 2 heterocycles. The largest absolute Gasteiger partial charge is 0.399 e. The second-order valence-electron chi connectivity index (χ2n) is 3.86. The second kappa shape index (κ2) is 4.29. The van der Waals surface area contributed by atoms with E-state index in [1.165, 1.54) is 0 Å². The summed E-state index contributed by atoms with van der Waals surface area (Å²) in [7, 11) is 0. The maximum absolute atomic E-state index is 5.68. The van der Waals surface area contributed by atoms with Gasteiger partial charge in [-0.2, -0.15) is 0 Å². The standard InChI is InChI=1S/C13H11N5/c14-11-3-1-10(2-4-11)13-9-16-17-18(13)12-5-7-15-8-6-12/h1-9H,14H2. The lowest BCUT2D eigenvalue weighted by atomic mass is 10.1. The summed E-state index contributed by atoms with van der Waals surface area (Å²) >= 11 is 0. The van der Waals surface area contributed by atoms with Gasteiger partial charge in [-0.3, -0.25) is 4.98 Å². The third-order valence-electron chi connectivity index (χ3n) is 2.66. The molecule has 3 aromatic rings. The zero-order chi connectivity index (χ0) is 12.4. The Morgan fingerprint density at radius 2 is 1.67 bits per heavy atom. The number of aromatic nitrogens is 4. The zero-order valence-electron chi connectivity index (χ0n) is 9.56. The molecular weight excluding hydrogens is 226 g/mol. The van der Waals surface area contributed by atoms with Crippen molar-refractivity contribution >= 4 is 5.69 Å². The molecule has 0 fully saturated rings. The van der Waals surface area contributed by atoms with Gasteiger partial charge in [0.2, 0.25) is 0 Å². The molecule has 0 saturated carbocycles. The topological polar surface area (TPSA) is 69.6 Å². The van der Waals surface area contributed by atoms with Gasteiger partial charge in [0.15, 0.2) is 0 Å². The highest BCUT2D eigenvalue weighted by Crippen LogP contribution is 2.21. The van der Waals surface area contributed by atoms with Crippen molar-refractivity contribution in [2.75, 3.05) is 5.73 Å². The lowest BCUT2D eigenvalue weighted by molar-refractivity contribution is 0.806. The molecule has 0 spiro atoms. The first-order valence-corrected chi connectivity index (χ1v) is 5.51. The van der Waals surface area contributed by atoms with Crippen LogP contribution in [-0.4, -0.2) is 20.0 Å². The minimum atomic E-state index is 0.738. The molecule has 0 aliphatic rings. The first kappa shape index (κ1) is 10.5. The number of nitrogens with two attached hydrogens (primary N) is 1. The Morgan fingerprint density at radius 1 is 0.944 bits per heavy atom. The molecule has 0 bridgehead atoms. The smallest absolute Gasteiger partial charge is 0.0944 e. The number of nitrogens with zero attached hydrogens (tertiary/aromatic N) is 4. The summed E-state index contributed by atoms with van der Waals surface area (Å²) in [5.74, 6) is 0. The highest BCUT2D eigenvalue weighted by molar-refractivity contribution is 5.63. The highest BCUT2D eigenvalue weighted by Gasteiger charge is 2.07. The molecule has 5 nitrogen and oxygen atoms in total. The fourth-order valence-electron chi connectivity index (χ4n) is 1.76. The number of anilines is 1. The molecule has 0 amide bonds. The van der Waals surface area contributed by atoms with Gasteiger partial charge < -0.3 is 5.73 Å². The Morgan fingerprint density at radius 3 is 2.39 bits per heavy atom. The third-order valence-corrected chi connectivity index (χ3v) is 2.66. The molecule has 88 valence electrons. The van der Waals surface area contributed by atoms with E-state index >= 15 is 0 Å². The van der Waals surface area contributed by atoms with E-state index in [2.05, 4.69) is 15.3 Å². The van der Waals surface area contributed by atoms with Crippen LogP contribution >= 0.6 is 0 Å². The van der Waals surface area contributed by atoms with Crippen LogP contribution in [0.2, 0.25) is 0 Å². The molecule has 0 radical (unpaired) electrons. The van der Waals surface area contributed by atoms with Crippen molar-refractivity contribution < 1.29 is 0 Å². The summed E-state index contributed by atoms with van der Waals surface area (Å²) in [5.41, 5.74) is 9.28. The summed E-state index contributed by atoms with van der Waals surface area (Å²) in [6.07, 6.45) is 5.18. The third kappa shape index (κ3) is 1.82. The molecule has 0 aliphatic heterocycles.